The molecule has 1 atom stereocenters. The molecular weight excluding hydrogens is 202 g/mol. The fourth-order valence-electron chi connectivity index (χ4n) is 1.82. The Morgan fingerprint density at radius 1 is 1.44 bits per heavy atom. The highest BCUT2D eigenvalue weighted by atomic mass is 16.3. The van der Waals surface area contributed by atoms with Crippen molar-refractivity contribution >= 4 is 0 Å². The molecule has 1 aromatic heterocycles. The number of furan rings is 1. The predicted octanol–water partition coefficient (Wildman–Crippen LogP) is 2.43. The van der Waals surface area contributed by atoms with Crippen molar-refractivity contribution in [1.29, 1.82) is 0 Å². The summed E-state index contributed by atoms with van der Waals surface area (Å²) < 4.78 is 5.53. The van der Waals surface area contributed by atoms with E-state index in [0.29, 0.717) is 0 Å². The highest BCUT2D eigenvalue weighted by molar-refractivity contribution is 5.05. The van der Waals surface area contributed by atoms with E-state index in [4.69, 9.17) is 4.42 Å². The first kappa shape index (κ1) is 13.3. The van der Waals surface area contributed by atoms with Gasteiger partial charge in [0.05, 0.1) is 6.54 Å². The smallest absolute Gasteiger partial charge is 0.118 e. The van der Waals surface area contributed by atoms with Gasteiger partial charge < -0.3 is 9.52 Å². The van der Waals surface area contributed by atoms with Crippen LogP contribution in [0.1, 0.15) is 31.8 Å². The minimum absolute atomic E-state index is 0.0175. The molecule has 0 aromatic carbocycles. The molecule has 92 valence electrons. The number of aryl methyl sites for hydroxylation is 1. The molecular formula is C13H23NO2. The van der Waals surface area contributed by atoms with E-state index in [1.165, 1.54) is 0 Å². The number of hydrogen-bond acceptors (Lipinski definition) is 3. The summed E-state index contributed by atoms with van der Waals surface area (Å²) >= 11 is 0. The molecule has 1 N–H and O–H groups in total. The van der Waals surface area contributed by atoms with Crippen molar-refractivity contribution in [3.63, 3.8) is 0 Å². The van der Waals surface area contributed by atoms with Gasteiger partial charge in [-0.3, -0.25) is 4.90 Å². The van der Waals surface area contributed by atoms with Crippen molar-refractivity contribution < 1.29 is 9.52 Å². The second-order valence-corrected chi connectivity index (χ2v) is 5.01. The molecule has 0 spiro atoms. The molecule has 1 aromatic rings. The lowest BCUT2D eigenvalue weighted by Crippen LogP contribution is -2.35. The topological polar surface area (TPSA) is 36.6 Å². The number of aliphatic hydroxyl groups is 1. The Hall–Kier alpha value is -0.800. The molecule has 1 unspecified atom stereocenters. The number of aliphatic hydroxyl groups excluding tert-OH is 1. The summed E-state index contributed by atoms with van der Waals surface area (Å²) in [5.74, 6) is 1.93. The van der Waals surface area contributed by atoms with Crippen LogP contribution < -0.4 is 0 Å². The van der Waals surface area contributed by atoms with Crippen molar-refractivity contribution in [1.82, 2.24) is 4.90 Å². The van der Waals surface area contributed by atoms with E-state index in [-0.39, 0.29) is 12.0 Å². The van der Waals surface area contributed by atoms with Gasteiger partial charge in [-0.2, -0.15) is 0 Å². The minimum Gasteiger partial charge on any atom is -0.465 e. The maximum atomic E-state index is 9.35. The second kappa shape index (κ2) is 5.51. The Balaban J connectivity index is 2.50. The average Bonchev–Trinajstić information content (AvgIpc) is 2.63. The fraction of sp³-hybridized carbons (Fsp3) is 0.692. The highest BCUT2D eigenvalue weighted by Crippen LogP contribution is 2.22. The zero-order valence-corrected chi connectivity index (χ0v) is 10.8. The van der Waals surface area contributed by atoms with E-state index < -0.39 is 0 Å². The van der Waals surface area contributed by atoms with E-state index in [1.807, 2.05) is 19.1 Å². The number of nitrogens with zero attached hydrogens (tertiary/aromatic N) is 1. The maximum absolute atomic E-state index is 9.35. The Morgan fingerprint density at radius 3 is 2.56 bits per heavy atom. The van der Waals surface area contributed by atoms with Crippen LogP contribution in [-0.2, 0) is 6.54 Å². The van der Waals surface area contributed by atoms with Gasteiger partial charge in [-0.05, 0) is 32.5 Å². The van der Waals surface area contributed by atoms with Crippen LogP contribution in [0.2, 0.25) is 0 Å². The maximum Gasteiger partial charge on any atom is 0.118 e. The van der Waals surface area contributed by atoms with Gasteiger partial charge in [0.1, 0.15) is 11.5 Å². The largest absolute Gasteiger partial charge is 0.465 e. The van der Waals surface area contributed by atoms with Crippen LogP contribution in [0.15, 0.2) is 16.5 Å². The first-order valence-electron chi connectivity index (χ1n) is 5.84. The summed E-state index contributed by atoms with van der Waals surface area (Å²) in [7, 11) is 2.06. The summed E-state index contributed by atoms with van der Waals surface area (Å²) in [6, 6.07) is 3.99. The van der Waals surface area contributed by atoms with Gasteiger partial charge in [0.2, 0.25) is 0 Å². The third-order valence-corrected chi connectivity index (χ3v) is 3.11. The third kappa shape index (κ3) is 3.65. The molecule has 0 amide bonds. The summed E-state index contributed by atoms with van der Waals surface area (Å²) in [4.78, 5) is 2.19. The molecule has 1 rings (SSSR count). The molecule has 1 heterocycles. The number of hydrogen-bond donors (Lipinski definition) is 1. The first-order valence-corrected chi connectivity index (χ1v) is 5.84. The van der Waals surface area contributed by atoms with E-state index in [0.717, 1.165) is 31.0 Å². The summed E-state index contributed by atoms with van der Waals surface area (Å²) in [6.07, 6.45) is 0.977. The van der Waals surface area contributed by atoms with E-state index >= 15 is 0 Å². The molecule has 0 fully saturated rings. The summed E-state index contributed by atoms with van der Waals surface area (Å²) in [5.41, 5.74) is -0.0175. The average molecular weight is 225 g/mol. The highest BCUT2D eigenvalue weighted by Gasteiger charge is 2.23. The standard InChI is InChI=1S/C13H23NO2/c1-5-13(3,10-15)9-14(4)8-12-7-6-11(2)16-12/h6-7,15H,5,8-10H2,1-4H3. The Kier molecular flexibility index (Phi) is 4.56. The Bertz CT molecular complexity index is 315. The normalized spacial score (nSPS) is 15.4. The van der Waals surface area contributed by atoms with Crippen LogP contribution in [0.5, 0.6) is 0 Å². The Morgan fingerprint density at radius 2 is 2.12 bits per heavy atom. The van der Waals surface area contributed by atoms with E-state index in [2.05, 4.69) is 25.8 Å². The van der Waals surface area contributed by atoms with Crippen LogP contribution >= 0.6 is 0 Å². The zero-order chi connectivity index (χ0) is 12.2. The Labute approximate surface area is 98.1 Å². The monoisotopic (exact) mass is 225 g/mol. The lowest BCUT2D eigenvalue weighted by atomic mass is 9.88. The molecule has 16 heavy (non-hydrogen) atoms. The number of rotatable bonds is 6. The van der Waals surface area contributed by atoms with Crippen molar-refractivity contribution in [3.05, 3.63) is 23.7 Å². The summed E-state index contributed by atoms with van der Waals surface area (Å²) in [6.45, 7) is 8.07. The van der Waals surface area contributed by atoms with Gasteiger partial charge in [0, 0.05) is 18.6 Å². The lowest BCUT2D eigenvalue weighted by Gasteiger charge is -2.30. The van der Waals surface area contributed by atoms with Crippen LogP contribution in [0, 0.1) is 12.3 Å². The molecule has 0 saturated heterocycles. The molecule has 0 aliphatic carbocycles. The van der Waals surface area contributed by atoms with Crippen molar-refractivity contribution in [2.24, 2.45) is 5.41 Å². The molecule has 3 nitrogen and oxygen atoms in total. The molecule has 0 bridgehead atoms. The van der Waals surface area contributed by atoms with Gasteiger partial charge >= 0.3 is 0 Å². The van der Waals surface area contributed by atoms with E-state index in [9.17, 15) is 5.11 Å². The van der Waals surface area contributed by atoms with Crippen LogP contribution in [0.3, 0.4) is 0 Å². The second-order valence-electron chi connectivity index (χ2n) is 5.01. The quantitative estimate of drug-likeness (QED) is 0.808. The lowest BCUT2D eigenvalue weighted by molar-refractivity contribution is 0.0901. The van der Waals surface area contributed by atoms with Crippen molar-refractivity contribution in [2.75, 3.05) is 20.2 Å². The fourth-order valence-corrected chi connectivity index (χ4v) is 1.82. The first-order chi connectivity index (χ1) is 7.49. The van der Waals surface area contributed by atoms with Gasteiger partial charge in [0.15, 0.2) is 0 Å². The SMILES string of the molecule is CCC(C)(CO)CN(C)Cc1ccc(C)o1. The molecule has 0 aliphatic rings. The molecule has 0 saturated carbocycles. The molecule has 0 aliphatic heterocycles. The van der Waals surface area contributed by atoms with E-state index in [1.54, 1.807) is 0 Å². The van der Waals surface area contributed by atoms with Crippen LogP contribution in [-0.4, -0.2) is 30.2 Å². The van der Waals surface area contributed by atoms with Gasteiger partial charge in [-0.1, -0.05) is 13.8 Å². The van der Waals surface area contributed by atoms with Crippen molar-refractivity contribution in [3.8, 4) is 0 Å². The minimum atomic E-state index is -0.0175. The van der Waals surface area contributed by atoms with Gasteiger partial charge in [0.25, 0.3) is 0 Å². The molecule has 3 heteroatoms. The zero-order valence-electron chi connectivity index (χ0n) is 10.8. The van der Waals surface area contributed by atoms with Crippen molar-refractivity contribution in [2.45, 2.75) is 33.7 Å². The molecule has 0 radical (unpaired) electrons. The van der Waals surface area contributed by atoms with Gasteiger partial charge in [-0.15, -0.1) is 0 Å². The predicted molar refractivity (Wildman–Crippen MR) is 65.3 cm³/mol. The van der Waals surface area contributed by atoms with Crippen LogP contribution in [0.4, 0.5) is 0 Å². The summed E-state index contributed by atoms with van der Waals surface area (Å²) in [5, 5.41) is 9.35. The third-order valence-electron chi connectivity index (χ3n) is 3.11. The van der Waals surface area contributed by atoms with Crippen LogP contribution in [0.25, 0.3) is 0 Å². The van der Waals surface area contributed by atoms with Gasteiger partial charge in [-0.25, -0.2) is 0 Å².